The Kier molecular flexibility index (Phi) is 6.11. The average Bonchev–Trinajstić information content (AvgIpc) is 3.42. The normalized spacial score (nSPS) is 18.3. The third-order valence-electron chi connectivity index (χ3n) is 7.67. The number of H-pyrrole nitrogens is 1. The van der Waals surface area contributed by atoms with Gasteiger partial charge < -0.3 is 19.5 Å². The highest BCUT2D eigenvalue weighted by molar-refractivity contribution is 6.09. The zero-order valence-corrected chi connectivity index (χ0v) is 20.7. The Hall–Kier alpha value is -3.77. The number of hydrogen-bond donors (Lipinski definition) is 1. The second-order valence-corrected chi connectivity index (χ2v) is 9.70. The predicted molar refractivity (Wildman–Crippen MR) is 145 cm³/mol. The van der Waals surface area contributed by atoms with Crippen LogP contribution in [-0.2, 0) is 6.42 Å². The van der Waals surface area contributed by atoms with E-state index in [2.05, 4.69) is 57.2 Å². The first kappa shape index (κ1) is 22.7. The van der Waals surface area contributed by atoms with Crippen LogP contribution in [0, 0.1) is 0 Å². The number of rotatable bonds is 5. The lowest BCUT2D eigenvalue weighted by Gasteiger charge is -2.42. The second kappa shape index (κ2) is 9.70. The van der Waals surface area contributed by atoms with E-state index in [1.165, 1.54) is 22.2 Å². The average molecular weight is 481 g/mol. The number of aryl methyl sites for hydroxylation is 1. The Bertz CT molecular complexity index is 1370. The number of nitrogens with one attached hydrogen (secondary N) is 1. The molecule has 0 spiro atoms. The van der Waals surface area contributed by atoms with Crippen LogP contribution in [0.1, 0.15) is 22.3 Å². The molecule has 0 aliphatic carbocycles. The summed E-state index contributed by atoms with van der Waals surface area (Å²) in [5.41, 5.74) is 5.37. The molecule has 6 heteroatoms. The van der Waals surface area contributed by atoms with Gasteiger partial charge in [0.15, 0.2) is 0 Å². The standard InChI is InChI=1S/C30H32N4O2/c1-36-29-12-5-3-8-25(29)30(35)34-23(14-13-22-7-2-4-10-27(22)34)21-32-17-19-33(20-18-32)28-11-6-9-26-24(28)15-16-31-26/h2-12,15-16,23,31H,13-14,17-21H2,1H3. The summed E-state index contributed by atoms with van der Waals surface area (Å²) in [4.78, 5) is 24.3. The van der Waals surface area contributed by atoms with Gasteiger partial charge >= 0.3 is 0 Å². The van der Waals surface area contributed by atoms with Gasteiger partial charge in [0.2, 0.25) is 0 Å². The van der Waals surface area contributed by atoms with Crippen LogP contribution in [0.15, 0.2) is 79.0 Å². The van der Waals surface area contributed by atoms with Crippen molar-refractivity contribution >= 4 is 28.2 Å². The van der Waals surface area contributed by atoms with E-state index in [9.17, 15) is 4.79 Å². The van der Waals surface area contributed by atoms with Crippen LogP contribution >= 0.6 is 0 Å². The number of piperazine rings is 1. The van der Waals surface area contributed by atoms with Crippen LogP contribution in [-0.4, -0.2) is 61.7 Å². The zero-order chi connectivity index (χ0) is 24.5. The highest BCUT2D eigenvalue weighted by Crippen LogP contribution is 2.34. The number of carbonyl (C=O) groups is 1. The van der Waals surface area contributed by atoms with Crippen molar-refractivity contribution < 1.29 is 9.53 Å². The summed E-state index contributed by atoms with van der Waals surface area (Å²) in [6.07, 6.45) is 3.96. The Balaban J connectivity index is 1.22. The lowest BCUT2D eigenvalue weighted by atomic mass is 9.94. The number of hydrogen-bond acceptors (Lipinski definition) is 4. The molecule has 4 aromatic rings. The van der Waals surface area contributed by atoms with E-state index in [0.29, 0.717) is 11.3 Å². The number of nitrogens with zero attached hydrogens (tertiary/aromatic N) is 3. The van der Waals surface area contributed by atoms with Gasteiger partial charge in [0.25, 0.3) is 5.91 Å². The molecule has 36 heavy (non-hydrogen) atoms. The van der Waals surface area contributed by atoms with E-state index < -0.39 is 0 Å². The van der Waals surface area contributed by atoms with Gasteiger partial charge in [0.05, 0.1) is 18.7 Å². The highest BCUT2D eigenvalue weighted by Gasteiger charge is 2.34. The molecule has 2 aliphatic rings. The summed E-state index contributed by atoms with van der Waals surface area (Å²) in [6, 6.07) is 24.6. The molecule has 6 nitrogen and oxygen atoms in total. The smallest absolute Gasteiger partial charge is 0.262 e. The fourth-order valence-corrected chi connectivity index (χ4v) is 5.82. The number of benzene rings is 3. The van der Waals surface area contributed by atoms with Crippen molar-refractivity contribution in [2.75, 3.05) is 49.6 Å². The summed E-state index contributed by atoms with van der Waals surface area (Å²) >= 11 is 0. The molecule has 0 saturated carbocycles. The Morgan fingerprint density at radius 3 is 2.56 bits per heavy atom. The Morgan fingerprint density at radius 2 is 1.69 bits per heavy atom. The minimum atomic E-state index is 0.0161. The maximum Gasteiger partial charge on any atom is 0.262 e. The molecule has 1 N–H and O–H groups in total. The molecule has 3 heterocycles. The van der Waals surface area contributed by atoms with Gasteiger partial charge in [-0.25, -0.2) is 0 Å². The number of anilines is 2. The molecule has 2 aliphatic heterocycles. The van der Waals surface area contributed by atoms with Crippen molar-refractivity contribution in [2.24, 2.45) is 0 Å². The molecule has 1 unspecified atom stereocenters. The molecule has 1 aromatic heterocycles. The Labute approximate surface area is 212 Å². The molecular formula is C30H32N4O2. The molecule has 3 aromatic carbocycles. The van der Waals surface area contributed by atoms with E-state index in [0.717, 1.165) is 51.3 Å². The van der Waals surface area contributed by atoms with Crippen LogP contribution < -0.4 is 14.5 Å². The van der Waals surface area contributed by atoms with Crippen molar-refractivity contribution in [3.8, 4) is 5.75 Å². The first-order valence-electron chi connectivity index (χ1n) is 12.8. The molecule has 1 fully saturated rings. The lowest BCUT2D eigenvalue weighted by Crippen LogP contribution is -2.54. The van der Waals surface area contributed by atoms with Crippen molar-refractivity contribution in [1.82, 2.24) is 9.88 Å². The van der Waals surface area contributed by atoms with Crippen LogP contribution in [0.5, 0.6) is 5.75 Å². The van der Waals surface area contributed by atoms with E-state index in [-0.39, 0.29) is 11.9 Å². The summed E-state index contributed by atoms with van der Waals surface area (Å²) in [5, 5.41) is 1.28. The maximum atomic E-state index is 13.9. The molecule has 1 atom stereocenters. The summed E-state index contributed by atoms with van der Waals surface area (Å²) < 4.78 is 5.54. The monoisotopic (exact) mass is 480 g/mol. The molecule has 1 amide bonds. The van der Waals surface area contributed by atoms with Crippen molar-refractivity contribution in [2.45, 2.75) is 18.9 Å². The quantitative estimate of drug-likeness (QED) is 0.439. The minimum absolute atomic E-state index is 0.0161. The van der Waals surface area contributed by atoms with Gasteiger partial charge in [-0.05, 0) is 54.8 Å². The topological polar surface area (TPSA) is 51.8 Å². The first-order chi connectivity index (χ1) is 17.7. The highest BCUT2D eigenvalue weighted by atomic mass is 16.5. The van der Waals surface area contributed by atoms with Crippen LogP contribution in [0.25, 0.3) is 10.9 Å². The van der Waals surface area contributed by atoms with Gasteiger partial charge in [-0.2, -0.15) is 0 Å². The van der Waals surface area contributed by atoms with E-state index in [1.54, 1.807) is 7.11 Å². The van der Waals surface area contributed by atoms with Gasteiger partial charge in [-0.3, -0.25) is 9.69 Å². The van der Waals surface area contributed by atoms with E-state index >= 15 is 0 Å². The van der Waals surface area contributed by atoms with Crippen molar-refractivity contribution in [3.63, 3.8) is 0 Å². The van der Waals surface area contributed by atoms with Gasteiger partial charge in [0, 0.05) is 61.2 Å². The SMILES string of the molecule is COc1ccccc1C(=O)N1c2ccccc2CCC1CN1CCN(c2cccc3[nH]ccc23)CC1. The van der Waals surface area contributed by atoms with Gasteiger partial charge in [-0.15, -0.1) is 0 Å². The molecule has 1 saturated heterocycles. The van der Waals surface area contributed by atoms with Crippen molar-refractivity contribution in [1.29, 1.82) is 0 Å². The second-order valence-electron chi connectivity index (χ2n) is 9.70. The van der Waals surface area contributed by atoms with Crippen molar-refractivity contribution in [3.05, 3.63) is 90.1 Å². The van der Waals surface area contributed by atoms with Crippen LogP contribution in [0.4, 0.5) is 11.4 Å². The largest absolute Gasteiger partial charge is 0.496 e. The molecule has 6 rings (SSSR count). The van der Waals surface area contributed by atoms with E-state index in [4.69, 9.17) is 4.74 Å². The lowest BCUT2D eigenvalue weighted by molar-refractivity contribution is 0.0960. The summed E-state index contributed by atoms with van der Waals surface area (Å²) in [7, 11) is 1.63. The molecular weight excluding hydrogens is 448 g/mol. The Morgan fingerprint density at radius 1 is 0.917 bits per heavy atom. The fourth-order valence-electron chi connectivity index (χ4n) is 5.82. The molecule has 0 bridgehead atoms. The van der Waals surface area contributed by atoms with E-state index in [1.807, 2.05) is 41.4 Å². The maximum absolute atomic E-state index is 13.9. The molecule has 0 radical (unpaired) electrons. The predicted octanol–water partition coefficient (Wildman–Crippen LogP) is 4.96. The van der Waals surface area contributed by atoms with Crippen LogP contribution in [0.3, 0.4) is 0 Å². The van der Waals surface area contributed by atoms with Crippen LogP contribution in [0.2, 0.25) is 0 Å². The third-order valence-corrected chi connectivity index (χ3v) is 7.67. The van der Waals surface area contributed by atoms with Gasteiger partial charge in [0.1, 0.15) is 5.75 Å². The summed E-state index contributed by atoms with van der Waals surface area (Å²) in [5.74, 6) is 0.638. The first-order valence-corrected chi connectivity index (χ1v) is 12.8. The number of carbonyl (C=O) groups excluding carboxylic acids is 1. The number of ether oxygens (including phenoxy) is 1. The summed E-state index contributed by atoms with van der Waals surface area (Å²) in [6.45, 7) is 4.80. The third kappa shape index (κ3) is 4.11. The number of amides is 1. The number of methoxy groups -OCH3 is 1. The molecule has 184 valence electrons. The number of aromatic amines is 1. The van der Waals surface area contributed by atoms with Gasteiger partial charge in [-0.1, -0.05) is 36.4 Å². The number of para-hydroxylation sites is 2. The number of fused-ring (bicyclic) bond motifs is 2. The zero-order valence-electron chi connectivity index (χ0n) is 20.7. The minimum Gasteiger partial charge on any atom is -0.496 e. The fraction of sp³-hybridized carbons (Fsp3) is 0.300. The number of aromatic nitrogens is 1.